The van der Waals surface area contributed by atoms with Crippen molar-refractivity contribution in [2.45, 2.75) is 33.3 Å². The summed E-state index contributed by atoms with van der Waals surface area (Å²) in [5.74, 6) is 1.25. The van der Waals surface area contributed by atoms with Crippen LogP contribution in [0.5, 0.6) is 11.5 Å². The summed E-state index contributed by atoms with van der Waals surface area (Å²) in [7, 11) is 0. The van der Waals surface area contributed by atoms with Crippen molar-refractivity contribution in [3.8, 4) is 11.5 Å². The summed E-state index contributed by atoms with van der Waals surface area (Å²) >= 11 is 0. The number of ketones is 1. The lowest BCUT2D eigenvalue weighted by molar-refractivity contribution is -0.114. The van der Waals surface area contributed by atoms with Crippen molar-refractivity contribution < 1.29 is 19.1 Å². The van der Waals surface area contributed by atoms with Gasteiger partial charge in [0, 0.05) is 35.7 Å². The van der Waals surface area contributed by atoms with E-state index < -0.39 is 0 Å². The third-order valence-electron chi connectivity index (χ3n) is 4.21. The molecular weight excluding hydrogens is 342 g/mol. The zero-order valence-corrected chi connectivity index (χ0v) is 15.7. The van der Waals surface area contributed by atoms with E-state index in [-0.39, 0.29) is 17.8 Å². The van der Waals surface area contributed by atoms with Gasteiger partial charge in [-0.1, -0.05) is 12.1 Å². The van der Waals surface area contributed by atoms with Gasteiger partial charge < -0.3 is 14.8 Å². The number of fused-ring (bicyclic) bond motifs is 1. The fourth-order valence-corrected chi connectivity index (χ4v) is 3.08. The maximum Gasteiger partial charge on any atom is 0.221 e. The van der Waals surface area contributed by atoms with Crippen LogP contribution in [-0.4, -0.2) is 24.4 Å². The van der Waals surface area contributed by atoms with Crippen molar-refractivity contribution >= 4 is 23.5 Å². The van der Waals surface area contributed by atoms with Gasteiger partial charge in [-0.2, -0.15) is 0 Å². The van der Waals surface area contributed by atoms with E-state index in [1.807, 2.05) is 26.0 Å². The number of hydrogen-bond donors (Lipinski definition) is 1. The first kappa shape index (κ1) is 18.7. The summed E-state index contributed by atoms with van der Waals surface area (Å²) in [6.07, 6.45) is 4.25. The number of hydrogen-bond acceptors (Lipinski definition) is 4. The summed E-state index contributed by atoms with van der Waals surface area (Å²) < 4.78 is 11.5. The third kappa shape index (κ3) is 4.56. The van der Waals surface area contributed by atoms with Crippen LogP contribution in [-0.2, 0) is 11.2 Å². The van der Waals surface area contributed by atoms with Crippen molar-refractivity contribution in [3.05, 3.63) is 59.2 Å². The number of allylic oxidation sites excluding steroid dienone is 1. The number of carbonyl (C=O) groups is 2. The Bertz CT molecular complexity index is 901. The molecule has 2 aromatic rings. The molecule has 0 fully saturated rings. The lowest BCUT2D eigenvalue weighted by Gasteiger charge is -2.10. The van der Waals surface area contributed by atoms with Gasteiger partial charge in [0.1, 0.15) is 17.6 Å². The highest BCUT2D eigenvalue weighted by Crippen LogP contribution is 2.35. The van der Waals surface area contributed by atoms with Crippen LogP contribution < -0.4 is 14.8 Å². The predicted molar refractivity (Wildman–Crippen MR) is 106 cm³/mol. The molecule has 0 saturated carbocycles. The van der Waals surface area contributed by atoms with Gasteiger partial charge in [-0.15, -0.1) is 0 Å². The highest BCUT2D eigenvalue weighted by molar-refractivity contribution is 6.07. The van der Waals surface area contributed by atoms with Crippen molar-refractivity contribution in [1.29, 1.82) is 0 Å². The van der Waals surface area contributed by atoms with Gasteiger partial charge in [0.2, 0.25) is 5.91 Å². The van der Waals surface area contributed by atoms with Gasteiger partial charge in [0.15, 0.2) is 5.78 Å². The van der Waals surface area contributed by atoms with E-state index in [9.17, 15) is 9.59 Å². The Morgan fingerprint density at radius 3 is 2.85 bits per heavy atom. The molecule has 0 aromatic heterocycles. The second kappa shape index (κ2) is 8.08. The SMILES string of the molecule is CCOc1cc2c(cc1/C=C/C(=O)c1cccc(NC(C)=O)c1)OC(C)C2. The van der Waals surface area contributed by atoms with Crippen LogP contribution in [0.3, 0.4) is 0 Å². The summed E-state index contributed by atoms with van der Waals surface area (Å²) in [6, 6.07) is 10.8. The molecule has 0 aliphatic carbocycles. The monoisotopic (exact) mass is 365 g/mol. The van der Waals surface area contributed by atoms with Gasteiger partial charge in [-0.25, -0.2) is 0 Å². The Kier molecular flexibility index (Phi) is 5.60. The molecule has 1 atom stereocenters. The molecule has 2 aromatic carbocycles. The number of amides is 1. The van der Waals surface area contributed by atoms with Crippen LogP contribution in [0.4, 0.5) is 5.69 Å². The molecule has 27 heavy (non-hydrogen) atoms. The van der Waals surface area contributed by atoms with E-state index in [0.717, 1.165) is 29.0 Å². The second-order valence-corrected chi connectivity index (χ2v) is 6.52. The maximum absolute atomic E-state index is 12.5. The largest absolute Gasteiger partial charge is 0.493 e. The van der Waals surface area contributed by atoms with Crippen LogP contribution in [0.1, 0.15) is 42.3 Å². The normalized spacial score (nSPS) is 15.3. The van der Waals surface area contributed by atoms with Gasteiger partial charge in [-0.05, 0) is 50.3 Å². The highest BCUT2D eigenvalue weighted by atomic mass is 16.5. The Balaban J connectivity index is 1.84. The topological polar surface area (TPSA) is 64.6 Å². The van der Waals surface area contributed by atoms with E-state index >= 15 is 0 Å². The molecule has 0 radical (unpaired) electrons. The number of rotatable bonds is 6. The third-order valence-corrected chi connectivity index (χ3v) is 4.21. The molecule has 5 nitrogen and oxygen atoms in total. The fourth-order valence-electron chi connectivity index (χ4n) is 3.08. The number of benzene rings is 2. The molecule has 0 saturated heterocycles. The van der Waals surface area contributed by atoms with Crippen molar-refractivity contribution in [1.82, 2.24) is 0 Å². The Morgan fingerprint density at radius 1 is 1.30 bits per heavy atom. The van der Waals surface area contributed by atoms with E-state index in [4.69, 9.17) is 9.47 Å². The number of ether oxygens (including phenoxy) is 2. The predicted octanol–water partition coefficient (Wildman–Crippen LogP) is 4.26. The molecular formula is C22H23NO4. The number of anilines is 1. The zero-order chi connectivity index (χ0) is 19.4. The molecule has 1 unspecified atom stereocenters. The smallest absolute Gasteiger partial charge is 0.221 e. The van der Waals surface area contributed by atoms with Gasteiger partial charge in [-0.3, -0.25) is 9.59 Å². The van der Waals surface area contributed by atoms with E-state index in [2.05, 4.69) is 5.32 Å². The summed E-state index contributed by atoms with van der Waals surface area (Å²) in [5.41, 5.74) is 3.02. The molecule has 1 heterocycles. The highest BCUT2D eigenvalue weighted by Gasteiger charge is 2.21. The number of nitrogens with one attached hydrogen (secondary N) is 1. The summed E-state index contributed by atoms with van der Waals surface area (Å²) in [6.45, 7) is 5.93. The minimum absolute atomic E-state index is 0.145. The van der Waals surface area contributed by atoms with Crippen molar-refractivity contribution in [3.63, 3.8) is 0 Å². The fraction of sp³-hybridized carbons (Fsp3) is 0.273. The van der Waals surface area contributed by atoms with Gasteiger partial charge in [0.25, 0.3) is 0 Å². The second-order valence-electron chi connectivity index (χ2n) is 6.52. The van der Waals surface area contributed by atoms with E-state index in [0.29, 0.717) is 17.9 Å². The quantitative estimate of drug-likeness (QED) is 0.613. The van der Waals surface area contributed by atoms with E-state index in [1.54, 1.807) is 30.3 Å². The van der Waals surface area contributed by atoms with Crippen LogP contribution in [0, 0.1) is 0 Å². The molecule has 1 amide bonds. The van der Waals surface area contributed by atoms with Crippen LogP contribution in [0.2, 0.25) is 0 Å². The molecule has 140 valence electrons. The number of carbonyl (C=O) groups excluding carboxylic acids is 2. The standard InChI is InChI=1S/C22H23NO4/c1-4-26-21-13-18-10-14(2)27-22(18)12-17(21)8-9-20(25)16-6-5-7-19(11-16)23-15(3)24/h5-9,11-14H,4,10H2,1-3H3,(H,23,24)/b9-8+. The first-order valence-electron chi connectivity index (χ1n) is 9.02. The average Bonchev–Trinajstić information content (AvgIpc) is 2.98. The van der Waals surface area contributed by atoms with Gasteiger partial charge >= 0.3 is 0 Å². The van der Waals surface area contributed by atoms with Crippen LogP contribution in [0.15, 0.2) is 42.5 Å². The van der Waals surface area contributed by atoms with Gasteiger partial charge in [0.05, 0.1) is 6.61 Å². The van der Waals surface area contributed by atoms with Crippen LogP contribution in [0.25, 0.3) is 6.08 Å². The van der Waals surface area contributed by atoms with Crippen molar-refractivity contribution in [2.75, 3.05) is 11.9 Å². The summed E-state index contributed by atoms with van der Waals surface area (Å²) in [4.78, 5) is 23.7. The average molecular weight is 365 g/mol. The minimum Gasteiger partial charge on any atom is -0.493 e. The molecule has 5 heteroatoms. The summed E-state index contributed by atoms with van der Waals surface area (Å²) in [5, 5.41) is 2.68. The lowest BCUT2D eigenvalue weighted by Crippen LogP contribution is -2.06. The van der Waals surface area contributed by atoms with Crippen LogP contribution >= 0.6 is 0 Å². The Morgan fingerprint density at radius 2 is 2.11 bits per heavy atom. The molecule has 1 N–H and O–H groups in total. The Hall–Kier alpha value is -3.08. The Labute approximate surface area is 159 Å². The first-order chi connectivity index (χ1) is 13.0. The molecule has 3 rings (SSSR count). The molecule has 1 aliphatic heterocycles. The van der Waals surface area contributed by atoms with Crippen molar-refractivity contribution in [2.24, 2.45) is 0 Å². The first-order valence-corrected chi connectivity index (χ1v) is 9.02. The molecule has 0 bridgehead atoms. The molecule has 1 aliphatic rings. The molecule has 0 spiro atoms. The van der Waals surface area contributed by atoms with E-state index in [1.165, 1.54) is 13.0 Å². The lowest BCUT2D eigenvalue weighted by atomic mass is 10.0. The minimum atomic E-state index is -0.177. The maximum atomic E-state index is 12.5. The zero-order valence-electron chi connectivity index (χ0n) is 15.7.